The summed E-state index contributed by atoms with van der Waals surface area (Å²) in [6.07, 6.45) is 4.17. The molecule has 1 heterocycles. The zero-order chi connectivity index (χ0) is 14.5. The van der Waals surface area contributed by atoms with Crippen molar-refractivity contribution in [2.24, 2.45) is 0 Å². The number of hydrogen-bond acceptors (Lipinski definition) is 4. The summed E-state index contributed by atoms with van der Waals surface area (Å²) in [6, 6.07) is 1.24. The summed E-state index contributed by atoms with van der Waals surface area (Å²) >= 11 is 0. The van der Waals surface area contributed by atoms with Crippen LogP contribution in [0.4, 0.5) is 0 Å². The number of unbranched alkanes of at least 4 members (excludes halogenated alkanes) is 2. The smallest absolute Gasteiger partial charge is 0.354 e. The average molecular weight is 308 g/mol. The average Bonchev–Trinajstić information content (AvgIpc) is 2.78. The quantitative estimate of drug-likeness (QED) is 0.441. The van der Waals surface area contributed by atoms with Crippen molar-refractivity contribution in [3.8, 4) is 0 Å². The first-order chi connectivity index (χ1) is 8.90. The molecular weight excluding hydrogens is 290 g/mol. The van der Waals surface area contributed by atoms with Crippen molar-refractivity contribution in [2.75, 3.05) is 6.61 Å². The van der Waals surface area contributed by atoms with Gasteiger partial charge in [-0.3, -0.25) is 0 Å². The molecule has 0 aliphatic rings. The molecule has 19 heavy (non-hydrogen) atoms. The van der Waals surface area contributed by atoms with Crippen LogP contribution in [-0.4, -0.2) is 25.6 Å². The lowest BCUT2D eigenvalue weighted by molar-refractivity contribution is 0.0486. The van der Waals surface area contributed by atoms with Gasteiger partial charge in [0.15, 0.2) is 0 Å². The van der Waals surface area contributed by atoms with E-state index < -0.39 is 15.0 Å². The molecule has 0 aliphatic heterocycles. The van der Waals surface area contributed by atoms with Crippen molar-refractivity contribution in [3.05, 3.63) is 18.0 Å². The van der Waals surface area contributed by atoms with Gasteiger partial charge in [-0.25, -0.2) is 13.2 Å². The van der Waals surface area contributed by atoms with E-state index in [0.717, 1.165) is 19.3 Å². The summed E-state index contributed by atoms with van der Waals surface area (Å²) in [6.45, 7) is 4.66. The van der Waals surface area contributed by atoms with E-state index in [-0.39, 0.29) is 10.6 Å². The third kappa shape index (κ3) is 4.54. The van der Waals surface area contributed by atoms with Crippen LogP contribution < -0.4 is 0 Å². The molecule has 0 atom stereocenters. The molecule has 0 saturated carbocycles. The van der Waals surface area contributed by atoms with Crippen molar-refractivity contribution in [2.45, 2.75) is 44.6 Å². The molecular formula is C12H18ClNO4S. The van der Waals surface area contributed by atoms with Crippen molar-refractivity contribution in [1.82, 2.24) is 4.57 Å². The first-order valence-corrected chi connectivity index (χ1v) is 8.53. The second kappa shape index (κ2) is 6.96. The molecule has 1 rings (SSSR count). The van der Waals surface area contributed by atoms with E-state index in [9.17, 15) is 13.2 Å². The summed E-state index contributed by atoms with van der Waals surface area (Å²) in [5, 5.41) is 0. The van der Waals surface area contributed by atoms with Gasteiger partial charge in [0.1, 0.15) is 10.6 Å². The predicted molar refractivity (Wildman–Crippen MR) is 73.0 cm³/mol. The van der Waals surface area contributed by atoms with E-state index in [0.29, 0.717) is 13.2 Å². The molecule has 0 unspecified atom stereocenters. The summed E-state index contributed by atoms with van der Waals surface area (Å²) in [4.78, 5) is 11.8. The molecule has 1 aromatic heterocycles. The Morgan fingerprint density at radius 3 is 2.58 bits per heavy atom. The number of aryl methyl sites for hydroxylation is 1. The number of nitrogens with zero attached hydrogens (tertiary/aromatic N) is 1. The second-order valence-corrected chi connectivity index (χ2v) is 6.69. The fraction of sp³-hybridized carbons (Fsp3) is 0.583. The van der Waals surface area contributed by atoms with Gasteiger partial charge in [0, 0.05) is 23.4 Å². The normalized spacial score (nSPS) is 11.5. The number of hydrogen-bond donors (Lipinski definition) is 0. The van der Waals surface area contributed by atoms with E-state index in [1.165, 1.54) is 16.8 Å². The fourth-order valence-electron chi connectivity index (χ4n) is 1.64. The zero-order valence-electron chi connectivity index (χ0n) is 11.1. The van der Waals surface area contributed by atoms with Gasteiger partial charge in [0.05, 0.1) is 6.61 Å². The van der Waals surface area contributed by atoms with Crippen LogP contribution >= 0.6 is 10.7 Å². The lowest BCUT2D eigenvalue weighted by Crippen LogP contribution is -2.11. The Morgan fingerprint density at radius 2 is 2.05 bits per heavy atom. The summed E-state index contributed by atoms with van der Waals surface area (Å²) in [5.41, 5.74) is 0.207. The number of carbonyl (C=O) groups excluding carboxylic acids is 1. The van der Waals surface area contributed by atoms with Gasteiger partial charge in [-0.15, -0.1) is 0 Å². The van der Waals surface area contributed by atoms with Gasteiger partial charge in [-0.1, -0.05) is 19.8 Å². The molecule has 0 N–H and O–H groups in total. The third-order valence-electron chi connectivity index (χ3n) is 2.68. The molecule has 0 aliphatic carbocycles. The zero-order valence-corrected chi connectivity index (χ0v) is 12.6. The van der Waals surface area contributed by atoms with Gasteiger partial charge >= 0.3 is 5.97 Å². The van der Waals surface area contributed by atoms with E-state index in [2.05, 4.69) is 6.92 Å². The number of ether oxygens (including phenoxy) is 1. The SMILES string of the molecule is CCCCCOC(=O)c1cc(S(=O)(=O)Cl)cn1CC. The highest BCUT2D eigenvalue weighted by Gasteiger charge is 2.20. The lowest BCUT2D eigenvalue weighted by Gasteiger charge is -2.06. The number of halogens is 1. The Balaban J connectivity index is 2.81. The van der Waals surface area contributed by atoms with Crippen LogP contribution in [0.2, 0.25) is 0 Å². The van der Waals surface area contributed by atoms with Crippen LogP contribution in [0.25, 0.3) is 0 Å². The van der Waals surface area contributed by atoms with Gasteiger partial charge in [0.2, 0.25) is 0 Å². The van der Waals surface area contributed by atoms with Gasteiger partial charge in [-0.05, 0) is 19.4 Å². The molecule has 0 bridgehead atoms. The summed E-state index contributed by atoms with van der Waals surface area (Å²) in [5.74, 6) is -0.524. The molecule has 0 amide bonds. The van der Waals surface area contributed by atoms with E-state index in [4.69, 9.17) is 15.4 Å². The molecule has 0 fully saturated rings. The third-order valence-corrected chi connectivity index (χ3v) is 4.00. The Hall–Kier alpha value is -1.01. The molecule has 5 nitrogen and oxygen atoms in total. The first kappa shape index (κ1) is 16.0. The van der Waals surface area contributed by atoms with Gasteiger partial charge < -0.3 is 9.30 Å². The van der Waals surface area contributed by atoms with Crippen molar-refractivity contribution >= 4 is 25.7 Å². The molecule has 0 saturated heterocycles. The standard InChI is InChI=1S/C12H18ClNO4S/c1-3-5-6-7-18-12(15)11-8-10(19(13,16)17)9-14(11)4-2/h8-9H,3-7H2,1-2H3. The predicted octanol–water partition coefficient (Wildman–Crippen LogP) is 2.78. The van der Waals surface area contributed by atoms with Gasteiger partial charge in [0.25, 0.3) is 9.05 Å². The van der Waals surface area contributed by atoms with Crippen LogP contribution in [0.15, 0.2) is 17.2 Å². The largest absolute Gasteiger partial charge is 0.461 e. The summed E-state index contributed by atoms with van der Waals surface area (Å²) in [7, 11) is 1.42. The molecule has 0 radical (unpaired) electrons. The highest BCUT2D eigenvalue weighted by atomic mass is 35.7. The van der Waals surface area contributed by atoms with Crippen LogP contribution in [0.1, 0.15) is 43.6 Å². The summed E-state index contributed by atoms with van der Waals surface area (Å²) < 4.78 is 29.1. The number of aromatic nitrogens is 1. The highest BCUT2D eigenvalue weighted by molar-refractivity contribution is 8.13. The maximum Gasteiger partial charge on any atom is 0.354 e. The molecule has 7 heteroatoms. The first-order valence-electron chi connectivity index (χ1n) is 6.22. The second-order valence-electron chi connectivity index (χ2n) is 4.13. The monoisotopic (exact) mass is 307 g/mol. The maximum absolute atomic E-state index is 11.8. The Kier molecular flexibility index (Phi) is 5.87. The Labute approximate surface area is 117 Å². The molecule has 108 valence electrons. The van der Waals surface area contributed by atoms with E-state index >= 15 is 0 Å². The molecule has 0 spiro atoms. The Bertz CT molecular complexity index is 536. The van der Waals surface area contributed by atoms with Crippen LogP contribution in [0.5, 0.6) is 0 Å². The van der Waals surface area contributed by atoms with E-state index in [1.807, 2.05) is 0 Å². The molecule has 0 aromatic carbocycles. The minimum atomic E-state index is -3.83. The Morgan fingerprint density at radius 1 is 1.37 bits per heavy atom. The topological polar surface area (TPSA) is 65.4 Å². The molecule has 1 aromatic rings. The van der Waals surface area contributed by atoms with Crippen molar-refractivity contribution < 1.29 is 17.9 Å². The number of rotatable bonds is 7. The van der Waals surface area contributed by atoms with E-state index in [1.54, 1.807) is 6.92 Å². The van der Waals surface area contributed by atoms with Gasteiger partial charge in [-0.2, -0.15) is 0 Å². The van der Waals surface area contributed by atoms with Crippen LogP contribution in [0, 0.1) is 0 Å². The highest BCUT2D eigenvalue weighted by Crippen LogP contribution is 2.19. The minimum Gasteiger partial charge on any atom is -0.461 e. The maximum atomic E-state index is 11.8. The fourth-order valence-corrected chi connectivity index (χ4v) is 2.40. The number of carbonyl (C=O) groups is 1. The van der Waals surface area contributed by atoms with Crippen LogP contribution in [-0.2, 0) is 20.3 Å². The number of esters is 1. The minimum absolute atomic E-state index is 0.0866. The lowest BCUT2D eigenvalue weighted by atomic mass is 10.3. The van der Waals surface area contributed by atoms with Crippen molar-refractivity contribution in [1.29, 1.82) is 0 Å². The van der Waals surface area contributed by atoms with Crippen molar-refractivity contribution in [3.63, 3.8) is 0 Å². The van der Waals surface area contributed by atoms with Crippen LogP contribution in [0.3, 0.4) is 0 Å².